The van der Waals surface area contributed by atoms with Gasteiger partial charge in [0.25, 0.3) is 0 Å². The zero-order chi connectivity index (χ0) is 15.1. The van der Waals surface area contributed by atoms with Gasteiger partial charge < -0.3 is 4.90 Å². The van der Waals surface area contributed by atoms with Gasteiger partial charge in [-0.15, -0.1) is 0 Å². The Morgan fingerprint density at radius 2 is 1.91 bits per heavy atom. The van der Waals surface area contributed by atoms with Crippen LogP contribution in [0.25, 0.3) is 0 Å². The first kappa shape index (κ1) is 13.6. The molecular formula is C15H20N6O. The van der Waals surface area contributed by atoms with Crippen molar-refractivity contribution >= 4 is 5.82 Å². The SMILES string of the molecule is Cc1ncnc(N2CC3CN(Cc4cnon4)CC3C2)c1C. The average Bonchev–Trinajstić information content (AvgIpc) is 3.18. The van der Waals surface area contributed by atoms with Gasteiger partial charge >= 0.3 is 0 Å². The molecular weight excluding hydrogens is 280 g/mol. The number of aryl methyl sites for hydroxylation is 1. The Bertz CT molecular complexity index is 644. The van der Waals surface area contributed by atoms with Crippen LogP contribution in [-0.4, -0.2) is 51.4 Å². The highest BCUT2D eigenvalue weighted by molar-refractivity contribution is 5.48. The molecule has 22 heavy (non-hydrogen) atoms. The third kappa shape index (κ3) is 2.35. The second-order valence-corrected chi connectivity index (χ2v) is 6.43. The van der Waals surface area contributed by atoms with E-state index in [1.807, 2.05) is 6.92 Å². The van der Waals surface area contributed by atoms with Gasteiger partial charge in [0.15, 0.2) is 0 Å². The molecule has 2 aromatic rings. The molecule has 0 aliphatic carbocycles. The van der Waals surface area contributed by atoms with E-state index >= 15 is 0 Å². The van der Waals surface area contributed by atoms with Crippen LogP contribution < -0.4 is 4.90 Å². The summed E-state index contributed by atoms with van der Waals surface area (Å²) in [7, 11) is 0. The molecule has 0 N–H and O–H groups in total. The summed E-state index contributed by atoms with van der Waals surface area (Å²) in [5.74, 6) is 2.51. The van der Waals surface area contributed by atoms with Gasteiger partial charge in [0, 0.05) is 44.0 Å². The maximum absolute atomic E-state index is 4.67. The van der Waals surface area contributed by atoms with Gasteiger partial charge in [-0.2, -0.15) is 0 Å². The molecule has 0 aromatic carbocycles. The summed E-state index contributed by atoms with van der Waals surface area (Å²) >= 11 is 0. The molecule has 2 aliphatic rings. The molecule has 0 radical (unpaired) electrons. The molecule has 7 heteroatoms. The van der Waals surface area contributed by atoms with Crippen molar-refractivity contribution in [2.24, 2.45) is 11.8 Å². The van der Waals surface area contributed by atoms with Gasteiger partial charge in [0.1, 0.15) is 17.8 Å². The van der Waals surface area contributed by atoms with E-state index in [-0.39, 0.29) is 0 Å². The van der Waals surface area contributed by atoms with E-state index in [1.165, 1.54) is 5.56 Å². The summed E-state index contributed by atoms with van der Waals surface area (Å²) in [5.41, 5.74) is 3.19. The molecule has 2 aromatic heterocycles. The van der Waals surface area contributed by atoms with Gasteiger partial charge in [0.05, 0.1) is 6.20 Å². The van der Waals surface area contributed by atoms with Crippen molar-refractivity contribution in [2.75, 3.05) is 31.1 Å². The van der Waals surface area contributed by atoms with Gasteiger partial charge in [-0.1, -0.05) is 10.3 Å². The molecule has 2 fully saturated rings. The lowest BCUT2D eigenvalue weighted by atomic mass is 10.0. The first-order valence-corrected chi connectivity index (χ1v) is 7.72. The number of anilines is 1. The normalized spacial score (nSPS) is 24.9. The molecule has 0 amide bonds. The molecule has 2 saturated heterocycles. The lowest BCUT2D eigenvalue weighted by molar-refractivity contribution is 0.276. The average molecular weight is 300 g/mol. The molecule has 0 saturated carbocycles. The molecule has 2 unspecified atom stereocenters. The molecule has 116 valence electrons. The predicted octanol–water partition coefficient (Wildman–Crippen LogP) is 1.04. The fourth-order valence-electron chi connectivity index (χ4n) is 3.72. The van der Waals surface area contributed by atoms with Gasteiger partial charge in [-0.25, -0.2) is 14.6 Å². The van der Waals surface area contributed by atoms with Gasteiger partial charge in [0.2, 0.25) is 0 Å². The zero-order valence-electron chi connectivity index (χ0n) is 12.9. The standard InChI is InChI=1S/C15H20N6O/c1-10-11(2)16-9-17-15(10)21-6-12-4-20(5-13(12)7-21)8-14-3-18-22-19-14/h3,9,12-13H,4-8H2,1-2H3. The molecule has 0 spiro atoms. The van der Waals surface area contributed by atoms with Crippen LogP contribution in [0.3, 0.4) is 0 Å². The Morgan fingerprint density at radius 1 is 1.14 bits per heavy atom. The summed E-state index contributed by atoms with van der Waals surface area (Å²) < 4.78 is 4.67. The van der Waals surface area contributed by atoms with E-state index in [2.05, 4.69) is 41.6 Å². The Labute approximate surface area is 129 Å². The third-order valence-electron chi connectivity index (χ3n) is 4.96. The largest absolute Gasteiger partial charge is 0.356 e. The Kier molecular flexibility index (Phi) is 3.29. The maximum atomic E-state index is 4.67. The molecule has 7 nitrogen and oxygen atoms in total. The fraction of sp³-hybridized carbons (Fsp3) is 0.600. The minimum atomic E-state index is 0.703. The fourth-order valence-corrected chi connectivity index (χ4v) is 3.72. The van der Waals surface area contributed by atoms with Crippen LogP contribution in [0.2, 0.25) is 0 Å². The number of nitrogens with zero attached hydrogens (tertiary/aromatic N) is 6. The quantitative estimate of drug-likeness (QED) is 0.838. The highest BCUT2D eigenvalue weighted by atomic mass is 16.6. The van der Waals surface area contributed by atoms with E-state index < -0.39 is 0 Å². The van der Waals surface area contributed by atoms with E-state index in [0.29, 0.717) is 11.8 Å². The number of hydrogen-bond acceptors (Lipinski definition) is 7. The van der Waals surface area contributed by atoms with Crippen molar-refractivity contribution in [3.05, 3.63) is 29.5 Å². The first-order chi connectivity index (χ1) is 10.7. The van der Waals surface area contributed by atoms with Crippen LogP contribution in [-0.2, 0) is 6.54 Å². The maximum Gasteiger partial charge on any atom is 0.135 e. The van der Waals surface area contributed by atoms with Crippen LogP contribution >= 0.6 is 0 Å². The van der Waals surface area contributed by atoms with Gasteiger partial charge in [-0.3, -0.25) is 4.90 Å². The Balaban J connectivity index is 1.42. The zero-order valence-corrected chi connectivity index (χ0v) is 12.9. The Morgan fingerprint density at radius 3 is 2.59 bits per heavy atom. The third-order valence-corrected chi connectivity index (χ3v) is 4.96. The lowest BCUT2D eigenvalue weighted by Gasteiger charge is -2.23. The number of aromatic nitrogens is 4. The van der Waals surface area contributed by atoms with E-state index in [4.69, 9.17) is 0 Å². The van der Waals surface area contributed by atoms with Crippen molar-refractivity contribution in [1.29, 1.82) is 0 Å². The van der Waals surface area contributed by atoms with Crippen molar-refractivity contribution in [1.82, 2.24) is 25.2 Å². The molecule has 2 aliphatic heterocycles. The predicted molar refractivity (Wildman–Crippen MR) is 80.3 cm³/mol. The van der Waals surface area contributed by atoms with Crippen molar-refractivity contribution in [3.8, 4) is 0 Å². The number of rotatable bonds is 3. The summed E-state index contributed by atoms with van der Waals surface area (Å²) in [6.07, 6.45) is 3.38. The lowest BCUT2D eigenvalue weighted by Crippen LogP contribution is -2.29. The van der Waals surface area contributed by atoms with Crippen molar-refractivity contribution in [3.63, 3.8) is 0 Å². The summed E-state index contributed by atoms with van der Waals surface area (Å²) in [5, 5.41) is 7.57. The number of hydrogen-bond donors (Lipinski definition) is 0. The highest BCUT2D eigenvalue weighted by Gasteiger charge is 2.40. The van der Waals surface area contributed by atoms with Crippen LogP contribution in [0.4, 0.5) is 5.82 Å². The summed E-state index contributed by atoms with van der Waals surface area (Å²) in [4.78, 5) is 13.6. The smallest absolute Gasteiger partial charge is 0.135 e. The molecule has 2 atom stereocenters. The minimum Gasteiger partial charge on any atom is -0.356 e. The molecule has 4 rings (SSSR count). The molecule has 4 heterocycles. The van der Waals surface area contributed by atoms with Crippen LogP contribution in [0.1, 0.15) is 17.0 Å². The van der Waals surface area contributed by atoms with E-state index in [9.17, 15) is 0 Å². The van der Waals surface area contributed by atoms with Crippen LogP contribution in [0.15, 0.2) is 17.2 Å². The van der Waals surface area contributed by atoms with E-state index in [1.54, 1.807) is 12.5 Å². The second kappa shape index (κ2) is 5.31. The van der Waals surface area contributed by atoms with Crippen LogP contribution in [0.5, 0.6) is 0 Å². The molecule has 0 bridgehead atoms. The highest BCUT2D eigenvalue weighted by Crippen LogP contribution is 2.34. The second-order valence-electron chi connectivity index (χ2n) is 6.43. The van der Waals surface area contributed by atoms with E-state index in [0.717, 1.165) is 49.9 Å². The number of likely N-dealkylation sites (tertiary alicyclic amines) is 1. The van der Waals surface area contributed by atoms with Crippen molar-refractivity contribution in [2.45, 2.75) is 20.4 Å². The first-order valence-electron chi connectivity index (χ1n) is 7.72. The van der Waals surface area contributed by atoms with Crippen LogP contribution in [0, 0.1) is 25.7 Å². The van der Waals surface area contributed by atoms with Crippen molar-refractivity contribution < 1.29 is 4.63 Å². The number of fused-ring (bicyclic) bond motifs is 1. The summed E-state index contributed by atoms with van der Waals surface area (Å²) in [6.45, 7) is 9.37. The topological polar surface area (TPSA) is 71.2 Å². The van der Waals surface area contributed by atoms with Gasteiger partial charge in [-0.05, 0) is 25.7 Å². The monoisotopic (exact) mass is 300 g/mol. The Hall–Kier alpha value is -2.02. The summed E-state index contributed by atoms with van der Waals surface area (Å²) in [6, 6.07) is 0. The minimum absolute atomic E-state index is 0.703.